The molecular formula is C22H25ClFN4O7P. The molecule has 6 atom stereocenters. The van der Waals surface area contributed by atoms with Crippen LogP contribution in [0.4, 0.5) is 10.3 Å². The van der Waals surface area contributed by atoms with Crippen molar-refractivity contribution in [1.29, 1.82) is 0 Å². The largest absolute Gasteiger partial charge is 0.424 e. The average molecular weight is 543 g/mol. The lowest BCUT2D eigenvalue weighted by Gasteiger charge is -2.24. The highest BCUT2D eigenvalue weighted by Gasteiger charge is 2.58. The van der Waals surface area contributed by atoms with Crippen LogP contribution in [0.15, 0.2) is 47.3 Å². The van der Waals surface area contributed by atoms with Crippen LogP contribution in [-0.2, 0) is 18.6 Å². The molecule has 36 heavy (non-hydrogen) atoms. The number of aromatic nitrogens is 3. The summed E-state index contributed by atoms with van der Waals surface area (Å²) in [6, 6.07) is 10.9. The highest BCUT2D eigenvalue weighted by molar-refractivity contribution is 7.54. The van der Waals surface area contributed by atoms with Gasteiger partial charge < -0.3 is 20.1 Å². The first-order chi connectivity index (χ1) is 16.9. The quantitative estimate of drug-likeness (QED) is 0.273. The van der Waals surface area contributed by atoms with E-state index in [0.717, 1.165) is 4.52 Å². The Morgan fingerprint density at radius 1 is 1.39 bits per heavy atom. The summed E-state index contributed by atoms with van der Waals surface area (Å²) in [6.45, 7) is 2.36. The van der Waals surface area contributed by atoms with Gasteiger partial charge in [0.05, 0.1) is 18.5 Å². The van der Waals surface area contributed by atoms with Crippen molar-refractivity contribution in [3.63, 3.8) is 0 Å². The van der Waals surface area contributed by atoms with Crippen molar-refractivity contribution in [2.24, 2.45) is 5.92 Å². The zero-order valence-electron chi connectivity index (χ0n) is 19.3. The number of hydrogen-bond acceptors (Lipinski definition) is 9. The number of aromatic amines is 1. The Bertz CT molecular complexity index is 1370. The number of aliphatic hydroxyl groups is 1. The summed E-state index contributed by atoms with van der Waals surface area (Å²) in [6.07, 6.45) is -5.11. The lowest BCUT2D eigenvalue weighted by molar-refractivity contribution is -0.119. The van der Waals surface area contributed by atoms with Gasteiger partial charge >= 0.3 is 7.60 Å². The van der Waals surface area contributed by atoms with Gasteiger partial charge in [0.25, 0.3) is 5.56 Å². The molecule has 4 N–H and O–H groups in total. The van der Waals surface area contributed by atoms with Crippen molar-refractivity contribution in [1.82, 2.24) is 14.6 Å². The summed E-state index contributed by atoms with van der Waals surface area (Å²) in [5.41, 5.74) is 5.12. The molecule has 14 heteroatoms. The van der Waals surface area contributed by atoms with E-state index in [-0.39, 0.29) is 34.9 Å². The maximum atomic E-state index is 15.5. The van der Waals surface area contributed by atoms with Gasteiger partial charge in [-0.3, -0.25) is 19.1 Å². The number of rotatable bonds is 9. The van der Waals surface area contributed by atoms with Crippen LogP contribution in [0.2, 0.25) is 0 Å². The maximum Gasteiger partial charge on any atom is 0.379 e. The van der Waals surface area contributed by atoms with E-state index in [1.807, 2.05) is 0 Å². The maximum absolute atomic E-state index is 15.5. The second-order valence-corrected chi connectivity index (χ2v) is 11.2. The van der Waals surface area contributed by atoms with Crippen LogP contribution in [0.3, 0.4) is 0 Å². The molecule has 1 saturated heterocycles. The number of nitrogens with two attached hydrogens (primary N) is 1. The van der Waals surface area contributed by atoms with Gasteiger partial charge in [-0.1, -0.05) is 36.7 Å². The molecule has 0 amide bonds. The van der Waals surface area contributed by atoms with Crippen LogP contribution in [0.5, 0.6) is 5.75 Å². The van der Waals surface area contributed by atoms with Gasteiger partial charge in [-0.15, -0.1) is 5.10 Å². The number of para-hydroxylation sites is 1. The number of H-pyrrole nitrogens is 1. The van der Waals surface area contributed by atoms with Crippen LogP contribution >= 0.6 is 19.2 Å². The minimum absolute atomic E-state index is 0.0239. The third-order valence-electron chi connectivity index (χ3n) is 5.86. The fraction of sp³-hybridized carbons (Fsp3) is 0.409. The molecular weight excluding hydrogens is 518 g/mol. The van der Waals surface area contributed by atoms with Crippen LogP contribution in [-0.4, -0.2) is 55.6 Å². The molecule has 1 fully saturated rings. The molecule has 1 aliphatic heterocycles. The summed E-state index contributed by atoms with van der Waals surface area (Å²) in [5, 5.41) is 11.7. The zero-order chi connectivity index (χ0) is 26.3. The van der Waals surface area contributed by atoms with Crippen LogP contribution in [0.25, 0.3) is 5.52 Å². The van der Waals surface area contributed by atoms with Gasteiger partial charge in [0.1, 0.15) is 29.3 Å². The summed E-state index contributed by atoms with van der Waals surface area (Å²) < 4.78 is 47.0. The van der Waals surface area contributed by atoms with Crippen molar-refractivity contribution >= 4 is 36.4 Å². The number of hydrogen-bond donors (Lipinski definition) is 3. The number of anilines is 1. The number of fused-ring (bicyclic) bond motifs is 1. The van der Waals surface area contributed by atoms with Crippen molar-refractivity contribution in [2.75, 3.05) is 18.5 Å². The van der Waals surface area contributed by atoms with Crippen molar-refractivity contribution < 1.29 is 32.6 Å². The molecule has 3 heterocycles. The Morgan fingerprint density at radius 2 is 2.08 bits per heavy atom. The third-order valence-corrected chi connectivity index (χ3v) is 8.31. The molecule has 0 aliphatic carbocycles. The van der Waals surface area contributed by atoms with Crippen molar-refractivity contribution in [3.8, 4) is 5.75 Å². The SMILES string of the molecule is CC(=O)[C@H](C)CP(=O)(OC[C@H]1O[C@@H](c2ccc3c(=O)[nH]c(N)nn23)[C@@](F)(Cl)C1O)Oc1ccccc1. The van der Waals surface area contributed by atoms with Crippen LogP contribution in [0, 0.1) is 5.92 Å². The lowest BCUT2D eigenvalue weighted by atomic mass is 10.1. The van der Waals surface area contributed by atoms with E-state index >= 15 is 4.39 Å². The number of nitrogens with one attached hydrogen (secondary N) is 1. The second kappa shape index (κ2) is 9.95. The first-order valence-corrected chi connectivity index (χ1v) is 13.1. The Labute approximate surface area is 209 Å². The smallest absolute Gasteiger partial charge is 0.379 e. The number of aliphatic hydroxyl groups excluding tert-OH is 1. The predicted octanol–water partition coefficient (Wildman–Crippen LogP) is 2.82. The molecule has 1 aromatic carbocycles. The van der Waals surface area contributed by atoms with E-state index in [1.54, 1.807) is 37.3 Å². The molecule has 0 spiro atoms. The number of carbonyl (C=O) groups is 1. The van der Waals surface area contributed by atoms with Gasteiger partial charge in [-0.2, -0.15) is 0 Å². The molecule has 0 bridgehead atoms. The number of carbonyl (C=O) groups excluding carboxylic acids is 1. The first-order valence-electron chi connectivity index (χ1n) is 11.0. The molecule has 11 nitrogen and oxygen atoms in total. The van der Waals surface area contributed by atoms with Gasteiger partial charge in [0.2, 0.25) is 11.1 Å². The van der Waals surface area contributed by atoms with E-state index in [9.17, 15) is 19.3 Å². The molecule has 2 aromatic heterocycles. The summed E-state index contributed by atoms with van der Waals surface area (Å²) in [5.74, 6) is -0.858. The van der Waals surface area contributed by atoms with Crippen molar-refractivity contribution in [2.45, 2.75) is 37.3 Å². The van der Waals surface area contributed by atoms with Crippen LogP contribution in [0.1, 0.15) is 25.6 Å². The Balaban J connectivity index is 1.57. The summed E-state index contributed by atoms with van der Waals surface area (Å²) >= 11 is 6.06. The van der Waals surface area contributed by atoms with E-state index in [2.05, 4.69) is 10.1 Å². The Kier molecular flexibility index (Phi) is 7.27. The topological polar surface area (TPSA) is 158 Å². The van der Waals surface area contributed by atoms with E-state index < -0.39 is 49.1 Å². The Hall–Kier alpha value is -2.76. The molecule has 2 unspecified atom stereocenters. The highest BCUT2D eigenvalue weighted by Crippen LogP contribution is 2.52. The number of nitrogens with zero attached hydrogens (tertiary/aromatic N) is 2. The van der Waals surface area contributed by atoms with Gasteiger partial charge in [0, 0.05) is 5.92 Å². The molecule has 0 radical (unpaired) electrons. The average Bonchev–Trinajstić information content (AvgIpc) is 3.31. The van der Waals surface area contributed by atoms with Gasteiger partial charge in [0.15, 0.2) is 6.10 Å². The number of benzene rings is 1. The molecule has 0 saturated carbocycles. The van der Waals surface area contributed by atoms with Gasteiger partial charge in [-0.05, 0) is 31.2 Å². The number of alkyl halides is 2. The van der Waals surface area contributed by atoms with E-state index in [0.29, 0.717) is 0 Å². The summed E-state index contributed by atoms with van der Waals surface area (Å²) in [7, 11) is -3.96. The third kappa shape index (κ3) is 5.18. The van der Waals surface area contributed by atoms with E-state index in [4.69, 9.17) is 31.1 Å². The summed E-state index contributed by atoms with van der Waals surface area (Å²) in [4.78, 5) is 26.2. The monoisotopic (exact) mass is 542 g/mol. The minimum Gasteiger partial charge on any atom is -0.424 e. The van der Waals surface area contributed by atoms with Gasteiger partial charge in [-0.25, -0.2) is 13.5 Å². The van der Waals surface area contributed by atoms with E-state index in [1.165, 1.54) is 19.1 Å². The highest BCUT2D eigenvalue weighted by atomic mass is 35.5. The number of Topliss-reactive ketones (excluding diaryl/α,β-unsaturated/α-hetero) is 1. The molecule has 4 rings (SSSR count). The van der Waals surface area contributed by atoms with Crippen LogP contribution < -0.4 is 15.8 Å². The predicted molar refractivity (Wildman–Crippen MR) is 129 cm³/mol. The molecule has 1 aliphatic rings. The minimum atomic E-state index is -3.96. The standard InChI is InChI=1S/C22H25ClFN4O7P/c1-12(13(2)29)11-36(32,35-14-6-4-3-5-7-14)33-10-17-18(30)22(23,24)19(34-17)15-8-9-16-20(31)26-21(25)27-28(15)16/h3-9,12,17-19,30H,10-11H2,1-2H3,(H3,25,26,27,31)/t12-,17-,18?,19+,22-,36?/m1/s1. The number of halogens is 2. The Morgan fingerprint density at radius 3 is 2.75 bits per heavy atom. The second-order valence-electron chi connectivity index (χ2n) is 8.57. The normalized spacial score (nSPS) is 26.5. The number of ketones is 1. The lowest BCUT2D eigenvalue weighted by Crippen LogP contribution is -2.38. The molecule has 3 aromatic rings. The van der Waals surface area contributed by atoms with Crippen molar-refractivity contribution in [3.05, 3.63) is 58.5 Å². The number of ether oxygens (including phenoxy) is 1. The zero-order valence-corrected chi connectivity index (χ0v) is 21.0. The number of nitrogen functional groups attached to an aromatic ring is 1. The fourth-order valence-electron chi connectivity index (χ4n) is 3.79. The first kappa shape index (κ1) is 26.3. The molecule has 194 valence electrons. The fourth-order valence-corrected chi connectivity index (χ4v) is 6.07.